The molecule has 1 aromatic carbocycles. The molecule has 1 aromatic rings. The van der Waals surface area contributed by atoms with Gasteiger partial charge in [0.1, 0.15) is 0 Å². The van der Waals surface area contributed by atoms with Crippen molar-refractivity contribution in [2.24, 2.45) is 0 Å². The third-order valence-electron chi connectivity index (χ3n) is 2.91. The fourth-order valence-corrected chi connectivity index (χ4v) is 1.83. The van der Waals surface area contributed by atoms with Gasteiger partial charge in [0.15, 0.2) is 0 Å². The molecule has 3 heteroatoms. The summed E-state index contributed by atoms with van der Waals surface area (Å²) in [5, 5.41) is 8.70. The number of carbonyl (C=O) groups excluding carboxylic acids is 1. The maximum atomic E-state index is 11.1. The Kier molecular flexibility index (Phi) is 7.83. The fraction of sp³-hybridized carbons (Fsp3) is 0.412. The lowest BCUT2D eigenvalue weighted by molar-refractivity contribution is -0.143. The normalized spacial score (nSPS) is 10.4. The van der Waals surface area contributed by atoms with E-state index >= 15 is 0 Å². The summed E-state index contributed by atoms with van der Waals surface area (Å²) in [5.74, 6) is -0.0966. The molecule has 0 bridgehead atoms. The number of allylic oxidation sites excluding steroid dienone is 1. The first kappa shape index (κ1) is 16.0. The highest BCUT2D eigenvalue weighted by atomic mass is 16.5. The first-order chi connectivity index (χ1) is 9.76. The number of ether oxygens (including phenoxy) is 1. The van der Waals surface area contributed by atoms with Gasteiger partial charge in [0.25, 0.3) is 0 Å². The van der Waals surface area contributed by atoms with Crippen LogP contribution >= 0.6 is 0 Å². The number of hydrogen-bond acceptors (Lipinski definition) is 3. The molecule has 0 heterocycles. The number of carbonyl (C=O) groups is 1. The van der Waals surface area contributed by atoms with Gasteiger partial charge in [-0.05, 0) is 43.9 Å². The second kappa shape index (κ2) is 9.80. The minimum Gasteiger partial charge on any atom is -0.466 e. The van der Waals surface area contributed by atoms with Gasteiger partial charge in [0, 0.05) is 6.42 Å². The molecule has 0 aliphatic rings. The molecule has 0 aromatic heterocycles. The molecule has 0 radical (unpaired) electrons. The average molecular weight is 271 g/mol. The van der Waals surface area contributed by atoms with Crippen molar-refractivity contribution in [1.82, 2.24) is 0 Å². The highest BCUT2D eigenvalue weighted by Gasteiger charge is 1.99. The van der Waals surface area contributed by atoms with Crippen molar-refractivity contribution in [1.29, 1.82) is 5.26 Å². The van der Waals surface area contributed by atoms with Gasteiger partial charge in [0.2, 0.25) is 0 Å². The van der Waals surface area contributed by atoms with Crippen LogP contribution in [0.3, 0.4) is 0 Å². The molecule has 0 N–H and O–H groups in total. The van der Waals surface area contributed by atoms with Crippen molar-refractivity contribution < 1.29 is 9.53 Å². The number of esters is 1. The second-order valence-electron chi connectivity index (χ2n) is 4.54. The Morgan fingerprint density at radius 2 is 2.00 bits per heavy atom. The summed E-state index contributed by atoms with van der Waals surface area (Å²) >= 11 is 0. The minimum atomic E-state index is -0.0966. The summed E-state index contributed by atoms with van der Waals surface area (Å²) in [6, 6.07) is 9.62. The maximum Gasteiger partial charge on any atom is 0.305 e. The Hall–Kier alpha value is -2.08. The highest BCUT2D eigenvalue weighted by molar-refractivity contribution is 5.69. The van der Waals surface area contributed by atoms with E-state index in [1.54, 1.807) is 0 Å². The van der Waals surface area contributed by atoms with Crippen LogP contribution in [0.2, 0.25) is 0 Å². The molecule has 0 atom stereocenters. The van der Waals surface area contributed by atoms with Crippen molar-refractivity contribution in [2.45, 2.75) is 39.0 Å². The predicted octanol–water partition coefficient (Wildman–Crippen LogP) is 4.09. The largest absolute Gasteiger partial charge is 0.466 e. The van der Waals surface area contributed by atoms with Gasteiger partial charge in [-0.1, -0.05) is 30.7 Å². The smallest absolute Gasteiger partial charge is 0.305 e. The number of benzene rings is 1. The molecule has 20 heavy (non-hydrogen) atoms. The van der Waals surface area contributed by atoms with E-state index in [0.717, 1.165) is 31.2 Å². The third-order valence-corrected chi connectivity index (χ3v) is 2.91. The third kappa shape index (κ3) is 6.75. The van der Waals surface area contributed by atoms with Gasteiger partial charge >= 0.3 is 5.97 Å². The molecule has 0 aliphatic carbocycles. The van der Waals surface area contributed by atoms with Crippen molar-refractivity contribution in [3.05, 3.63) is 41.5 Å². The standard InChI is InChI=1S/C17H21NO2/c1-2-20-17(19)9-7-5-3-4-6-8-15-10-12-16(14-18)13-11-15/h6,8,10-13H,2-5,7,9H2,1H3/b8-6+. The van der Waals surface area contributed by atoms with E-state index in [0.29, 0.717) is 18.6 Å². The molecule has 0 unspecified atom stereocenters. The SMILES string of the molecule is CCOC(=O)CCCCC/C=C/c1ccc(C#N)cc1. The van der Waals surface area contributed by atoms with Gasteiger partial charge in [-0.25, -0.2) is 0 Å². The van der Waals surface area contributed by atoms with E-state index in [2.05, 4.69) is 18.2 Å². The van der Waals surface area contributed by atoms with Gasteiger partial charge in [-0.15, -0.1) is 0 Å². The van der Waals surface area contributed by atoms with Gasteiger partial charge in [0.05, 0.1) is 18.2 Å². The Labute approximate surface area is 120 Å². The van der Waals surface area contributed by atoms with Crippen molar-refractivity contribution in [3.63, 3.8) is 0 Å². The number of nitriles is 1. The molecule has 106 valence electrons. The van der Waals surface area contributed by atoms with Gasteiger partial charge < -0.3 is 4.74 Å². The molecular weight excluding hydrogens is 250 g/mol. The van der Waals surface area contributed by atoms with E-state index in [4.69, 9.17) is 10.00 Å². The Morgan fingerprint density at radius 1 is 1.25 bits per heavy atom. The number of hydrogen-bond donors (Lipinski definition) is 0. The Morgan fingerprint density at radius 3 is 2.65 bits per heavy atom. The minimum absolute atomic E-state index is 0.0966. The van der Waals surface area contributed by atoms with Gasteiger partial charge in [-0.2, -0.15) is 5.26 Å². The summed E-state index contributed by atoms with van der Waals surface area (Å²) < 4.78 is 4.87. The zero-order chi connectivity index (χ0) is 14.6. The Bertz CT molecular complexity index is 469. The molecular formula is C17H21NO2. The highest BCUT2D eigenvalue weighted by Crippen LogP contribution is 2.08. The molecule has 1 rings (SSSR count). The number of rotatable bonds is 8. The molecule has 0 amide bonds. The molecule has 0 spiro atoms. The fourth-order valence-electron chi connectivity index (χ4n) is 1.83. The van der Waals surface area contributed by atoms with Crippen molar-refractivity contribution in [2.75, 3.05) is 6.61 Å². The van der Waals surface area contributed by atoms with Crippen molar-refractivity contribution in [3.8, 4) is 6.07 Å². The van der Waals surface area contributed by atoms with Crippen LogP contribution in [0.25, 0.3) is 6.08 Å². The first-order valence-electron chi connectivity index (χ1n) is 7.08. The summed E-state index contributed by atoms with van der Waals surface area (Å²) in [6.45, 7) is 2.29. The maximum absolute atomic E-state index is 11.1. The van der Waals surface area contributed by atoms with Crippen LogP contribution in [0.4, 0.5) is 0 Å². The summed E-state index contributed by atoms with van der Waals surface area (Å²) in [4.78, 5) is 11.1. The van der Waals surface area contributed by atoms with Crippen LogP contribution in [0.5, 0.6) is 0 Å². The predicted molar refractivity (Wildman–Crippen MR) is 79.9 cm³/mol. The molecule has 3 nitrogen and oxygen atoms in total. The first-order valence-corrected chi connectivity index (χ1v) is 7.08. The lowest BCUT2D eigenvalue weighted by atomic mass is 10.1. The lowest BCUT2D eigenvalue weighted by Gasteiger charge is -2.00. The van der Waals surface area contributed by atoms with E-state index < -0.39 is 0 Å². The summed E-state index contributed by atoms with van der Waals surface area (Å²) in [6.07, 6.45) is 8.72. The van der Waals surface area contributed by atoms with E-state index in [1.807, 2.05) is 31.2 Å². The van der Waals surface area contributed by atoms with Crippen LogP contribution in [0.15, 0.2) is 30.3 Å². The topological polar surface area (TPSA) is 50.1 Å². The second-order valence-corrected chi connectivity index (χ2v) is 4.54. The van der Waals surface area contributed by atoms with E-state index in [1.165, 1.54) is 0 Å². The average Bonchev–Trinajstić information content (AvgIpc) is 2.47. The molecule has 0 saturated heterocycles. The van der Waals surface area contributed by atoms with Crippen molar-refractivity contribution >= 4 is 12.0 Å². The molecule has 0 fully saturated rings. The monoisotopic (exact) mass is 271 g/mol. The quantitative estimate of drug-likeness (QED) is 0.528. The van der Waals surface area contributed by atoms with Gasteiger partial charge in [-0.3, -0.25) is 4.79 Å². The molecule has 0 aliphatic heterocycles. The summed E-state index contributed by atoms with van der Waals surface area (Å²) in [5.41, 5.74) is 1.79. The number of unbranched alkanes of at least 4 members (excludes halogenated alkanes) is 3. The van der Waals surface area contributed by atoms with Crippen LogP contribution in [-0.2, 0) is 9.53 Å². The zero-order valence-electron chi connectivity index (χ0n) is 12.0. The van der Waals surface area contributed by atoms with Crippen LogP contribution < -0.4 is 0 Å². The van der Waals surface area contributed by atoms with Crippen LogP contribution in [0, 0.1) is 11.3 Å². The summed E-state index contributed by atoms with van der Waals surface area (Å²) in [7, 11) is 0. The van der Waals surface area contributed by atoms with Crippen LogP contribution in [-0.4, -0.2) is 12.6 Å². The number of nitrogens with zero attached hydrogens (tertiary/aromatic N) is 1. The van der Waals surface area contributed by atoms with E-state index in [9.17, 15) is 4.79 Å². The zero-order valence-corrected chi connectivity index (χ0v) is 12.0. The Balaban J connectivity index is 2.13. The van der Waals surface area contributed by atoms with E-state index in [-0.39, 0.29) is 5.97 Å². The van der Waals surface area contributed by atoms with Crippen LogP contribution in [0.1, 0.15) is 50.2 Å². The molecule has 0 saturated carbocycles. The lowest BCUT2D eigenvalue weighted by Crippen LogP contribution is -2.02.